The van der Waals surface area contributed by atoms with Crippen molar-refractivity contribution in [3.8, 4) is 0 Å². The maximum absolute atomic E-state index is 15.7. The molecule has 5 rings (SSSR count). The number of fused-ring (bicyclic) bond motifs is 2. The number of carbonyl (C=O) groups excluding carboxylic acids is 2. The number of hydrogen-bond donors (Lipinski definition) is 2. The Morgan fingerprint density at radius 1 is 1.15 bits per heavy atom. The Bertz CT molecular complexity index is 1640. The lowest BCUT2D eigenvalue weighted by atomic mass is 10.0. The molecule has 1 atom stereocenters. The largest absolute Gasteiger partial charge is 0.444 e. The van der Waals surface area contributed by atoms with Crippen molar-refractivity contribution in [3.05, 3.63) is 53.6 Å². The summed E-state index contributed by atoms with van der Waals surface area (Å²) in [5.41, 5.74) is 0.210. The van der Waals surface area contributed by atoms with Crippen molar-refractivity contribution in [2.75, 3.05) is 23.3 Å². The van der Waals surface area contributed by atoms with Gasteiger partial charge in [0.25, 0.3) is 5.91 Å². The van der Waals surface area contributed by atoms with Crippen LogP contribution in [0.3, 0.4) is 0 Å². The number of nitrogens with one attached hydrogen (secondary N) is 2. The highest BCUT2D eigenvalue weighted by Crippen LogP contribution is 2.36. The molecule has 10 nitrogen and oxygen atoms in total. The van der Waals surface area contributed by atoms with E-state index in [1.54, 1.807) is 44.8 Å². The fraction of sp³-hybridized carbons (Fsp3) is 0.429. The molecule has 0 aliphatic carbocycles. The molecule has 0 spiro atoms. The Morgan fingerprint density at radius 3 is 2.60 bits per heavy atom. The van der Waals surface area contributed by atoms with E-state index in [9.17, 15) is 14.0 Å². The van der Waals surface area contributed by atoms with Gasteiger partial charge in [-0.15, -0.1) is 0 Å². The van der Waals surface area contributed by atoms with Crippen LogP contribution in [-0.2, 0) is 11.3 Å². The molecular weight excluding hydrogens is 520 g/mol. The molecule has 1 aliphatic rings. The van der Waals surface area contributed by atoms with E-state index < -0.39 is 34.8 Å². The van der Waals surface area contributed by atoms with Crippen LogP contribution in [0, 0.1) is 18.6 Å². The molecular formula is C28H33F2N7O3. The van der Waals surface area contributed by atoms with Crippen LogP contribution in [0.5, 0.6) is 0 Å². The first-order chi connectivity index (χ1) is 18.7. The van der Waals surface area contributed by atoms with Crippen LogP contribution in [0.1, 0.15) is 57.1 Å². The molecule has 2 N–H and O–H groups in total. The number of pyridine rings is 1. The highest BCUT2D eigenvalue weighted by molar-refractivity contribution is 6.14. The van der Waals surface area contributed by atoms with E-state index in [0.29, 0.717) is 42.8 Å². The number of nitrogens with zero attached hydrogens (tertiary/aromatic N) is 5. The lowest BCUT2D eigenvalue weighted by Crippen LogP contribution is -2.49. The summed E-state index contributed by atoms with van der Waals surface area (Å²) >= 11 is 0. The van der Waals surface area contributed by atoms with Gasteiger partial charge in [-0.1, -0.05) is 0 Å². The maximum atomic E-state index is 15.7. The van der Waals surface area contributed by atoms with Crippen molar-refractivity contribution >= 4 is 39.9 Å². The van der Waals surface area contributed by atoms with Crippen LogP contribution in [0.25, 0.3) is 16.6 Å². The van der Waals surface area contributed by atoms with E-state index in [1.165, 1.54) is 16.7 Å². The summed E-state index contributed by atoms with van der Waals surface area (Å²) in [6, 6.07) is 2.47. The number of carbonyl (C=O) groups is 2. The topological polar surface area (TPSA) is 106 Å². The summed E-state index contributed by atoms with van der Waals surface area (Å²) in [4.78, 5) is 31.9. The summed E-state index contributed by atoms with van der Waals surface area (Å²) in [5, 5.41) is 10.7. The molecule has 2 amide bonds. The second kappa shape index (κ2) is 9.76. The van der Waals surface area contributed by atoms with Gasteiger partial charge in [0.05, 0.1) is 22.6 Å². The van der Waals surface area contributed by atoms with E-state index in [0.717, 1.165) is 6.07 Å². The first-order valence-electron chi connectivity index (χ1n) is 13.2. The molecule has 212 valence electrons. The number of anilines is 2. The van der Waals surface area contributed by atoms with Crippen LogP contribution < -0.4 is 15.5 Å². The minimum atomic E-state index is -0.755. The zero-order valence-corrected chi connectivity index (χ0v) is 23.4. The molecule has 1 saturated heterocycles. The normalized spacial score (nSPS) is 17.6. The molecule has 1 aromatic carbocycles. The number of aryl methyl sites for hydroxylation is 2. The number of aromatic nitrogens is 4. The number of amides is 2. The zero-order valence-electron chi connectivity index (χ0n) is 23.4. The van der Waals surface area contributed by atoms with Gasteiger partial charge < -0.3 is 24.7 Å². The first kappa shape index (κ1) is 27.4. The van der Waals surface area contributed by atoms with E-state index in [4.69, 9.17) is 4.74 Å². The highest BCUT2D eigenvalue weighted by atomic mass is 19.1. The fourth-order valence-corrected chi connectivity index (χ4v) is 5.08. The third-order valence-electron chi connectivity index (χ3n) is 6.83. The van der Waals surface area contributed by atoms with Crippen molar-refractivity contribution in [2.24, 2.45) is 0 Å². The number of halogens is 2. The molecule has 12 heteroatoms. The number of benzene rings is 1. The third kappa shape index (κ3) is 5.30. The van der Waals surface area contributed by atoms with Crippen molar-refractivity contribution in [2.45, 2.75) is 65.6 Å². The van der Waals surface area contributed by atoms with Crippen LogP contribution >= 0.6 is 0 Å². The van der Waals surface area contributed by atoms with Gasteiger partial charge in [0.2, 0.25) is 0 Å². The predicted octanol–water partition coefficient (Wildman–Crippen LogP) is 5.04. The van der Waals surface area contributed by atoms with E-state index in [2.05, 4.69) is 20.7 Å². The smallest absolute Gasteiger partial charge is 0.408 e. The monoisotopic (exact) mass is 553 g/mol. The lowest BCUT2D eigenvalue weighted by Gasteiger charge is -2.29. The van der Waals surface area contributed by atoms with Crippen molar-refractivity contribution < 1.29 is 23.1 Å². The summed E-state index contributed by atoms with van der Waals surface area (Å²) in [5.74, 6) is -2.11. The Morgan fingerprint density at radius 2 is 1.90 bits per heavy atom. The van der Waals surface area contributed by atoms with Gasteiger partial charge in [-0.05, 0) is 54.0 Å². The summed E-state index contributed by atoms with van der Waals surface area (Å²) in [6.45, 7) is 12.4. The van der Waals surface area contributed by atoms with Gasteiger partial charge >= 0.3 is 6.09 Å². The molecule has 1 unspecified atom stereocenters. The van der Waals surface area contributed by atoms with Crippen molar-refractivity contribution in [3.63, 3.8) is 0 Å². The quantitative estimate of drug-likeness (QED) is 0.359. The second-order valence-electron chi connectivity index (χ2n) is 11.5. The van der Waals surface area contributed by atoms with E-state index >= 15 is 4.39 Å². The molecule has 0 radical (unpaired) electrons. The van der Waals surface area contributed by atoms with Crippen LogP contribution in [0.15, 0.2) is 30.7 Å². The number of alkyl carbamates (subject to hydrolysis) is 1. The number of rotatable bonds is 5. The fourth-order valence-electron chi connectivity index (χ4n) is 5.08. The Hall–Kier alpha value is -4.22. The number of ether oxygens (including phenoxy) is 1. The first-order valence-corrected chi connectivity index (χ1v) is 13.2. The Balaban J connectivity index is 1.45. The summed E-state index contributed by atoms with van der Waals surface area (Å²) in [6.07, 6.45) is 5.03. The summed E-state index contributed by atoms with van der Waals surface area (Å²) in [7, 11) is 0. The van der Waals surface area contributed by atoms with Crippen LogP contribution in [0.4, 0.5) is 25.0 Å². The minimum absolute atomic E-state index is 0.133. The molecule has 4 aromatic rings. The Labute approximate surface area is 230 Å². The standard InChI is InChI=1S/C28H33F2N7O3/c1-7-37-14-18-21(35-9-8-28(6,15-35)33-26(39)40-27(3,4)5)11-19(29)22(23(18)34-37)25(38)32-17-10-20(30)24-31-16(2)12-36(24)13-17/h10-14H,7-9,15H2,1-6H3,(H,32,38)(H,33,39). The van der Waals surface area contributed by atoms with Gasteiger partial charge in [0.15, 0.2) is 11.5 Å². The Kier molecular flexibility index (Phi) is 6.67. The average molecular weight is 554 g/mol. The average Bonchev–Trinajstić information content (AvgIpc) is 3.53. The van der Waals surface area contributed by atoms with Gasteiger partial charge in [-0.25, -0.2) is 18.6 Å². The van der Waals surface area contributed by atoms with Crippen LogP contribution in [0.2, 0.25) is 0 Å². The SMILES string of the molecule is CCn1cc2c(N3CCC(C)(NC(=O)OC(C)(C)C)C3)cc(F)c(C(=O)Nc3cc(F)c4nc(C)cn4c3)c2n1. The molecule has 1 fully saturated rings. The van der Waals surface area contributed by atoms with Gasteiger partial charge in [-0.2, -0.15) is 5.10 Å². The molecule has 0 bridgehead atoms. The van der Waals surface area contributed by atoms with Crippen molar-refractivity contribution in [1.29, 1.82) is 0 Å². The highest BCUT2D eigenvalue weighted by Gasteiger charge is 2.38. The molecule has 4 heterocycles. The van der Waals surface area contributed by atoms with Gasteiger partial charge in [0, 0.05) is 49.7 Å². The third-order valence-corrected chi connectivity index (χ3v) is 6.83. The summed E-state index contributed by atoms with van der Waals surface area (Å²) < 4.78 is 38.8. The molecule has 3 aromatic heterocycles. The van der Waals surface area contributed by atoms with Crippen LogP contribution in [-0.4, -0.2) is 55.4 Å². The number of hydrogen-bond acceptors (Lipinski definition) is 6. The molecule has 1 aliphatic heterocycles. The van der Waals surface area contributed by atoms with Gasteiger partial charge in [0.1, 0.15) is 22.5 Å². The second-order valence-corrected chi connectivity index (χ2v) is 11.5. The minimum Gasteiger partial charge on any atom is -0.444 e. The lowest BCUT2D eigenvalue weighted by molar-refractivity contribution is 0.0473. The predicted molar refractivity (Wildman–Crippen MR) is 148 cm³/mol. The van der Waals surface area contributed by atoms with Gasteiger partial charge in [-0.3, -0.25) is 9.48 Å². The van der Waals surface area contributed by atoms with E-state index in [-0.39, 0.29) is 22.4 Å². The molecule has 0 saturated carbocycles. The molecule has 40 heavy (non-hydrogen) atoms. The van der Waals surface area contributed by atoms with E-state index in [1.807, 2.05) is 18.7 Å². The number of imidazole rings is 1. The zero-order chi connectivity index (χ0) is 29.0. The van der Waals surface area contributed by atoms with Crippen molar-refractivity contribution in [1.82, 2.24) is 24.5 Å². The maximum Gasteiger partial charge on any atom is 0.408 e.